The van der Waals surface area contributed by atoms with Crippen molar-refractivity contribution < 1.29 is 14.3 Å². The first kappa shape index (κ1) is 13.8. The molecule has 1 aromatic rings. The summed E-state index contributed by atoms with van der Waals surface area (Å²) in [5.74, 6) is -0.265. The molecule has 1 unspecified atom stereocenters. The largest absolute Gasteiger partial charge is 0.469 e. The highest BCUT2D eigenvalue weighted by Gasteiger charge is 2.29. The molecule has 2 heterocycles. The third kappa shape index (κ3) is 3.04. The zero-order valence-electron chi connectivity index (χ0n) is 11.0. The number of piperazine rings is 1. The monoisotopic (exact) mass is 283 g/mol. The van der Waals surface area contributed by atoms with Crippen molar-refractivity contribution in [3.05, 3.63) is 11.1 Å². The number of amides is 1. The molecule has 0 bridgehead atoms. The van der Waals surface area contributed by atoms with Gasteiger partial charge in [0.05, 0.1) is 19.2 Å². The second kappa shape index (κ2) is 6.01. The summed E-state index contributed by atoms with van der Waals surface area (Å²) in [6.07, 6.45) is 0.904. The van der Waals surface area contributed by atoms with E-state index in [1.165, 1.54) is 18.4 Å². The minimum Gasteiger partial charge on any atom is -0.469 e. The average Bonchev–Trinajstić information content (AvgIpc) is 2.86. The third-order valence-electron chi connectivity index (χ3n) is 3.06. The molecule has 6 nitrogen and oxygen atoms in total. The molecule has 1 N–H and O–H groups in total. The van der Waals surface area contributed by atoms with E-state index in [-0.39, 0.29) is 24.3 Å². The van der Waals surface area contributed by atoms with Crippen LogP contribution in [0.25, 0.3) is 0 Å². The molecule has 1 amide bonds. The molecule has 0 aliphatic carbocycles. The second-order valence-corrected chi connectivity index (χ2v) is 5.12. The van der Waals surface area contributed by atoms with Gasteiger partial charge in [0, 0.05) is 18.5 Å². The van der Waals surface area contributed by atoms with Crippen LogP contribution in [0.2, 0.25) is 0 Å². The number of thiazole rings is 1. The summed E-state index contributed by atoms with van der Waals surface area (Å²) in [6, 6.07) is -0.175. The van der Waals surface area contributed by atoms with E-state index in [4.69, 9.17) is 0 Å². The number of hydrogen-bond donors (Lipinski definition) is 1. The molecule has 1 aliphatic heterocycles. The lowest BCUT2D eigenvalue weighted by atomic mass is 10.1. The fourth-order valence-corrected chi connectivity index (χ4v) is 2.98. The van der Waals surface area contributed by atoms with Gasteiger partial charge in [0.1, 0.15) is 6.04 Å². The fourth-order valence-electron chi connectivity index (χ4n) is 2.08. The molecule has 1 fully saturated rings. The van der Waals surface area contributed by atoms with E-state index < -0.39 is 0 Å². The highest BCUT2D eigenvalue weighted by molar-refractivity contribution is 7.13. The Morgan fingerprint density at radius 3 is 3.16 bits per heavy atom. The molecule has 0 saturated carbocycles. The average molecular weight is 283 g/mol. The number of nitrogens with zero attached hydrogens (tertiary/aromatic N) is 2. The van der Waals surface area contributed by atoms with Crippen LogP contribution in [0.5, 0.6) is 0 Å². The Morgan fingerprint density at radius 1 is 1.68 bits per heavy atom. The molecule has 19 heavy (non-hydrogen) atoms. The van der Waals surface area contributed by atoms with Crippen molar-refractivity contribution in [2.24, 2.45) is 0 Å². The highest BCUT2D eigenvalue weighted by atomic mass is 32.1. The van der Waals surface area contributed by atoms with Gasteiger partial charge in [-0.2, -0.15) is 0 Å². The predicted octanol–water partition coefficient (Wildman–Crippen LogP) is 0.573. The zero-order valence-corrected chi connectivity index (χ0v) is 11.8. The number of carbonyl (C=O) groups is 2. The Kier molecular flexibility index (Phi) is 4.36. The first-order valence-corrected chi connectivity index (χ1v) is 7.09. The van der Waals surface area contributed by atoms with Crippen LogP contribution >= 0.6 is 11.3 Å². The van der Waals surface area contributed by atoms with E-state index in [9.17, 15) is 9.59 Å². The molecule has 104 valence electrons. The van der Waals surface area contributed by atoms with E-state index in [0.717, 1.165) is 18.1 Å². The minimum absolute atomic E-state index is 0.0402. The van der Waals surface area contributed by atoms with Crippen LogP contribution in [0.15, 0.2) is 5.38 Å². The van der Waals surface area contributed by atoms with Crippen LogP contribution in [-0.2, 0) is 20.7 Å². The first-order chi connectivity index (χ1) is 9.15. The summed E-state index contributed by atoms with van der Waals surface area (Å²) in [4.78, 5) is 29.4. The number of anilines is 1. The van der Waals surface area contributed by atoms with E-state index >= 15 is 0 Å². The second-order valence-electron chi connectivity index (χ2n) is 4.28. The quantitative estimate of drug-likeness (QED) is 0.818. The van der Waals surface area contributed by atoms with Crippen molar-refractivity contribution in [3.63, 3.8) is 0 Å². The summed E-state index contributed by atoms with van der Waals surface area (Å²) in [5.41, 5.74) is 0.688. The van der Waals surface area contributed by atoms with Gasteiger partial charge in [-0.3, -0.25) is 9.59 Å². The van der Waals surface area contributed by atoms with Gasteiger partial charge in [-0.1, -0.05) is 6.92 Å². The molecule has 7 heteroatoms. The number of ether oxygens (including phenoxy) is 1. The summed E-state index contributed by atoms with van der Waals surface area (Å²) in [7, 11) is 1.36. The van der Waals surface area contributed by atoms with Gasteiger partial charge in [0.15, 0.2) is 5.13 Å². The number of esters is 1. The number of carbonyl (C=O) groups excluding carboxylic acids is 2. The molecule has 1 saturated heterocycles. The standard InChI is InChI=1S/C12H17N3O3S/c1-3-9-11(17)13-4-5-15(9)12-14-8(7-19-12)6-10(16)18-2/h7,9H,3-6H2,1-2H3,(H,13,17). The Hall–Kier alpha value is -1.63. The van der Waals surface area contributed by atoms with E-state index in [1.807, 2.05) is 17.2 Å². The lowest BCUT2D eigenvalue weighted by molar-refractivity contribution is -0.139. The van der Waals surface area contributed by atoms with Crippen LogP contribution in [0.3, 0.4) is 0 Å². The van der Waals surface area contributed by atoms with Crippen molar-refractivity contribution in [2.75, 3.05) is 25.1 Å². The maximum atomic E-state index is 11.8. The molecule has 0 aromatic carbocycles. The molecular weight excluding hydrogens is 266 g/mol. The van der Waals surface area contributed by atoms with Crippen LogP contribution in [0.1, 0.15) is 19.0 Å². The zero-order chi connectivity index (χ0) is 13.8. The SMILES string of the molecule is CCC1C(=O)NCCN1c1nc(CC(=O)OC)cs1. The molecule has 0 radical (unpaired) electrons. The molecule has 1 atom stereocenters. The van der Waals surface area contributed by atoms with Gasteiger partial charge in [-0.25, -0.2) is 4.98 Å². The normalized spacial score (nSPS) is 19.2. The molecule has 1 aromatic heterocycles. The van der Waals surface area contributed by atoms with E-state index in [0.29, 0.717) is 12.2 Å². The van der Waals surface area contributed by atoms with Crippen molar-refractivity contribution in [2.45, 2.75) is 25.8 Å². The van der Waals surface area contributed by atoms with E-state index in [2.05, 4.69) is 15.0 Å². The molecule has 0 spiro atoms. The van der Waals surface area contributed by atoms with Gasteiger partial charge in [-0.05, 0) is 6.42 Å². The van der Waals surface area contributed by atoms with Crippen LogP contribution in [0.4, 0.5) is 5.13 Å². The first-order valence-electron chi connectivity index (χ1n) is 6.21. The van der Waals surface area contributed by atoms with Gasteiger partial charge in [0.2, 0.25) is 5.91 Å². The lowest BCUT2D eigenvalue weighted by Crippen LogP contribution is -2.55. The highest BCUT2D eigenvalue weighted by Crippen LogP contribution is 2.25. The third-order valence-corrected chi connectivity index (χ3v) is 3.98. The smallest absolute Gasteiger partial charge is 0.311 e. The summed E-state index contributed by atoms with van der Waals surface area (Å²) in [6.45, 7) is 3.35. The van der Waals surface area contributed by atoms with Gasteiger partial charge < -0.3 is 15.0 Å². The molecular formula is C12H17N3O3S. The van der Waals surface area contributed by atoms with Crippen molar-refractivity contribution >= 4 is 28.3 Å². The molecule has 2 rings (SSSR count). The maximum Gasteiger partial charge on any atom is 0.311 e. The van der Waals surface area contributed by atoms with Crippen molar-refractivity contribution in [3.8, 4) is 0 Å². The minimum atomic E-state index is -0.305. The molecule has 1 aliphatic rings. The lowest BCUT2D eigenvalue weighted by Gasteiger charge is -2.34. The topological polar surface area (TPSA) is 71.5 Å². The summed E-state index contributed by atoms with van der Waals surface area (Å²) in [5, 5.41) is 5.48. The van der Waals surface area contributed by atoms with Gasteiger partial charge >= 0.3 is 5.97 Å². The summed E-state index contributed by atoms with van der Waals surface area (Å²) < 4.78 is 4.62. The number of methoxy groups -OCH3 is 1. The van der Waals surface area contributed by atoms with Crippen molar-refractivity contribution in [1.82, 2.24) is 10.3 Å². The van der Waals surface area contributed by atoms with Crippen molar-refractivity contribution in [1.29, 1.82) is 0 Å². The number of rotatable bonds is 4. The Morgan fingerprint density at radius 2 is 2.47 bits per heavy atom. The maximum absolute atomic E-state index is 11.8. The Labute approximate surface area is 115 Å². The summed E-state index contributed by atoms with van der Waals surface area (Å²) >= 11 is 1.46. The predicted molar refractivity (Wildman–Crippen MR) is 72.3 cm³/mol. The van der Waals surface area contributed by atoms with Gasteiger partial charge in [-0.15, -0.1) is 11.3 Å². The van der Waals surface area contributed by atoms with Crippen LogP contribution < -0.4 is 10.2 Å². The number of nitrogens with one attached hydrogen (secondary N) is 1. The Bertz CT molecular complexity index is 475. The van der Waals surface area contributed by atoms with E-state index in [1.54, 1.807) is 0 Å². The fraction of sp³-hybridized carbons (Fsp3) is 0.583. The Balaban J connectivity index is 2.12. The van der Waals surface area contributed by atoms with Crippen LogP contribution in [0, 0.1) is 0 Å². The van der Waals surface area contributed by atoms with Crippen LogP contribution in [-0.4, -0.2) is 43.1 Å². The number of hydrogen-bond acceptors (Lipinski definition) is 6. The number of aromatic nitrogens is 1. The van der Waals surface area contributed by atoms with Gasteiger partial charge in [0.25, 0.3) is 0 Å².